The van der Waals surface area contributed by atoms with E-state index in [9.17, 15) is 0 Å². The second-order valence-electron chi connectivity index (χ2n) is 27.9. The minimum atomic E-state index is 1.18. The number of hydrogen-bond acceptors (Lipinski definition) is 5. The molecule has 18 aromatic rings. The molecule has 0 aliphatic carbocycles. The number of hydrogen-bond donors (Lipinski definition) is 0. The minimum Gasteiger partial charge on any atom is -0.345 e. The van der Waals surface area contributed by atoms with Gasteiger partial charge in [-0.25, -0.2) is 0 Å². The van der Waals surface area contributed by atoms with Gasteiger partial charge in [-0.2, -0.15) is 0 Å². The summed E-state index contributed by atoms with van der Waals surface area (Å²) in [4.78, 5) is 11.2. The Bertz CT molecular complexity index is 5840. The lowest BCUT2D eigenvalue weighted by atomic mass is 9.97. The molecule has 114 heavy (non-hydrogen) atoms. The van der Waals surface area contributed by atoms with Crippen LogP contribution in [0.2, 0.25) is 0 Å². The first kappa shape index (κ1) is 76.3. The molecule has 0 spiro atoms. The van der Waals surface area contributed by atoms with Gasteiger partial charge in [0.05, 0.1) is 0 Å². The molecule has 5 heteroatoms. The van der Waals surface area contributed by atoms with Crippen LogP contribution in [0.4, 0.5) is 56.9 Å². The normalized spacial score (nSPS) is 10.5. The fourth-order valence-electron chi connectivity index (χ4n) is 14.4. The van der Waals surface area contributed by atoms with Gasteiger partial charge in [0.2, 0.25) is 0 Å². The Morgan fingerprint density at radius 2 is 0.404 bits per heavy atom. The maximum atomic E-state index is 2.28. The lowest BCUT2D eigenvalue weighted by Gasteiger charge is -2.25. The lowest BCUT2D eigenvalue weighted by Crippen LogP contribution is -2.11. The zero-order chi connectivity index (χ0) is 78.1. The lowest BCUT2D eigenvalue weighted by molar-refractivity contribution is 1.21. The summed E-state index contributed by atoms with van der Waals surface area (Å²) in [7, 11) is 10.6. The van der Waals surface area contributed by atoms with Gasteiger partial charge in [-0.1, -0.05) is 370 Å². The molecule has 0 atom stereocenters. The predicted molar refractivity (Wildman–Crippen MR) is 492 cm³/mol. The Morgan fingerprint density at radius 3 is 0.851 bits per heavy atom. The van der Waals surface area contributed by atoms with E-state index < -0.39 is 0 Å². The van der Waals surface area contributed by atoms with Gasteiger partial charge >= 0.3 is 0 Å². The summed E-state index contributed by atoms with van der Waals surface area (Å²) >= 11 is 0. The van der Waals surface area contributed by atoms with Crippen molar-refractivity contribution in [3.05, 3.63) is 473 Å². The van der Waals surface area contributed by atoms with Gasteiger partial charge < -0.3 is 24.5 Å². The van der Waals surface area contributed by atoms with Crippen LogP contribution in [-0.2, 0) is 0 Å². The van der Waals surface area contributed by atoms with Crippen LogP contribution in [0.5, 0.6) is 0 Å². The van der Waals surface area contributed by atoms with Crippen molar-refractivity contribution in [1.29, 1.82) is 0 Å². The third kappa shape index (κ3) is 19.2. The fourth-order valence-corrected chi connectivity index (χ4v) is 14.4. The molecule has 0 amide bonds. The Labute approximate surface area is 673 Å². The third-order valence-electron chi connectivity index (χ3n) is 20.6. The molecule has 0 saturated heterocycles. The van der Waals surface area contributed by atoms with Crippen LogP contribution < -0.4 is 24.5 Å². The maximum absolute atomic E-state index is 2.28. The number of para-hydroxylation sites is 6. The van der Waals surface area contributed by atoms with Gasteiger partial charge in [0.1, 0.15) is 0 Å². The van der Waals surface area contributed by atoms with E-state index >= 15 is 0 Å². The molecule has 0 aliphatic rings. The van der Waals surface area contributed by atoms with Crippen molar-refractivity contribution in [2.75, 3.05) is 59.7 Å². The number of fused-ring (bicyclic) bond motifs is 2. The van der Waals surface area contributed by atoms with E-state index in [4.69, 9.17) is 0 Å². The van der Waals surface area contributed by atoms with E-state index in [0.717, 1.165) is 0 Å². The Kier molecular flexibility index (Phi) is 25.6. The summed E-state index contributed by atoms with van der Waals surface area (Å²) in [6.45, 7) is 0. The molecule has 554 valence electrons. The predicted octanol–water partition coefficient (Wildman–Crippen LogP) is 29.6. The highest BCUT2D eigenvalue weighted by Crippen LogP contribution is 2.41. The molecular formula is C109H93N5. The second-order valence-corrected chi connectivity index (χ2v) is 27.9. The summed E-state index contributed by atoms with van der Waals surface area (Å²) in [6.07, 6.45) is 0. The van der Waals surface area contributed by atoms with Gasteiger partial charge in [-0.05, 0) is 169 Å². The molecule has 0 aliphatic heterocycles. The van der Waals surface area contributed by atoms with Gasteiger partial charge in [-0.3, -0.25) is 0 Å². The maximum Gasteiger partial charge on any atom is 0.0487 e. The quantitative estimate of drug-likeness (QED) is 0.0955. The van der Waals surface area contributed by atoms with Crippen LogP contribution in [0.1, 0.15) is 0 Å². The monoisotopic (exact) mass is 1470 g/mol. The van der Waals surface area contributed by atoms with Crippen molar-refractivity contribution in [1.82, 2.24) is 0 Å². The van der Waals surface area contributed by atoms with Crippen molar-refractivity contribution < 1.29 is 0 Å². The number of benzene rings is 18. The van der Waals surface area contributed by atoms with Crippen LogP contribution in [0, 0.1) is 0 Å². The first-order valence-electron chi connectivity index (χ1n) is 38.8. The van der Waals surface area contributed by atoms with E-state index in [1.807, 2.05) is 18.2 Å². The fraction of sp³-hybridized carbons (Fsp3) is 0.0459. The average Bonchev–Trinajstić information content (AvgIpc) is 0.742. The molecule has 0 N–H and O–H groups in total. The molecular weight excluding hydrogens is 1380 g/mol. The molecule has 0 bridgehead atoms. The van der Waals surface area contributed by atoms with Gasteiger partial charge in [-0.15, -0.1) is 0 Å². The summed E-state index contributed by atoms with van der Waals surface area (Å²) in [5.74, 6) is 0. The summed E-state index contributed by atoms with van der Waals surface area (Å²) in [5.41, 5.74) is 26.7. The van der Waals surface area contributed by atoms with Crippen molar-refractivity contribution in [3.63, 3.8) is 0 Å². The van der Waals surface area contributed by atoms with Crippen LogP contribution >= 0.6 is 0 Å². The second kappa shape index (κ2) is 38.2. The Morgan fingerprint density at radius 1 is 0.132 bits per heavy atom. The van der Waals surface area contributed by atoms with Crippen LogP contribution in [0.15, 0.2) is 473 Å². The number of anilines is 10. The average molecular weight is 1470 g/mol. The largest absolute Gasteiger partial charge is 0.345 e. The first-order valence-corrected chi connectivity index (χ1v) is 38.8. The summed E-state index contributed by atoms with van der Waals surface area (Å²) in [6, 6.07) is 166. The number of nitrogens with zero attached hydrogens (tertiary/aromatic N) is 5. The van der Waals surface area contributed by atoms with Crippen LogP contribution in [-0.4, -0.2) is 35.2 Å². The molecule has 0 saturated carbocycles. The SMILES string of the molecule is CN(c1cccc(-c2ccccc2)c1)c1ccccc1-c1ccccc1.CN(c1ccccc1)c1cc(-c2ccccc2)cc(-c2ccccc2)c1.CN(c1ccccc1)c1ccc2ccccc2c1.CN(c1ccccc1)c1cccc2ccccc12.CN(c1ccccc1-c1ccccc1)c1ccccc1-c1ccccc1. The topological polar surface area (TPSA) is 16.2 Å². The number of rotatable bonds is 16. The molecule has 18 aromatic carbocycles. The molecule has 0 radical (unpaired) electrons. The van der Waals surface area contributed by atoms with Crippen molar-refractivity contribution >= 4 is 78.4 Å². The van der Waals surface area contributed by atoms with Gasteiger partial charge in [0.25, 0.3) is 0 Å². The summed E-state index contributed by atoms with van der Waals surface area (Å²) in [5, 5.41) is 5.12. The minimum absolute atomic E-state index is 1.18. The molecule has 18 rings (SSSR count). The van der Waals surface area contributed by atoms with Gasteiger partial charge in [0.15, 0.2) is 0 Å². The molecule has 0 fully saturated rings. The van der Waals surface area contributed by atoms with E-state index in [0.29, 0.717) is 0 Å². The van der Waals surface area contributed by atoms with E-state index in [2.05, 4.69) is 515 Å². The van der Waals surface area contributed by atoms with Crippen molar-refractivity contribution in [2.24, 2.45) is 0 Å². The first-order chi connectivity index (χ1) is 56.2. The summed E-state index contributed by atoms with van der Waals surface area (Å²) < 4.78 is 0. The standard InChI is InChI=1S/3C25H21N.2C17H15N/c1-26(24-15-9-4-10-16-24)25-18-22(20-11-5-2-6-12-20)17-23(19-25)21-13-7-3-8-14-21;1-26(24-18-10-8-16-22(24)20-12-4-2-5-13-20)25-19-11-9-17-23(25)21-14-6-3-7-15-21;1-26(23-16-10-15-22(19-23)20-11-4-2-5-12-20)25-18-9-8-17-24(25)21-13-6-3-7-14-21;1-18(15-10-3-2-4-11-15)17-13-7-9-14-8-5-6-12-16(14)17;1-18(16-9-3-2-4-10-16)17-12-11-14-7-5-6-8-15(14)13-17/h3*2-19H,1H3;2*2-13H,1H3. The zero-order valence-corrected chi connectivity index (χ0v) is 65.3. The molecule has 0 aromatic heterocycles. The van der Waals surface area contributed by atoms with E-state index in [-0.39, 0.29) is 0 Å². The van der Waals surface area contributed by atoms with E-state index in [1.165, 1.54) is 145 Å². The third-order valence-corrected chi connectivity index (χ3v) is 20.6. The highest BCUT2D eigenvalue weighted by Gasteiger charge is 2.17. The Hall–Kier alpha value is -14.5. The zero-order valence-electron chi connectivity index (χ0n) is 65.3. The highest BCUT2D eigenvalue weighted by atomic mass is 15.1. The van der Waals surface area contributed by atoms with Crippen molar-refractivity contribution in [3.8, 4) is 66.8 Å². The van der Waals surface area contributed by atoms with Crippen LogP contribution in [0.3, 0.4) is 0 Å². The van der Waals surface area contributed by atoms with E-state index in [1.54, 1.807) is 0 Å². The molecule has 5 nitrogen and oxygen atoms in total. The van der Waals surface area contributed by atoms with Gasteiger partial charge in [0, 0.05) is 114 Å². The van der Waals surface area contributed by atoms with Crippen LogP contribution in [0.25, 0.3) is 88.3 Å². The highest BCUT2D eigenvalue weighted by molar-refractivity contribution is 5.96. The smallest absolute Gasteiger partial charge is 0.0487 e. The molecule has 0 unspecified atom stereocenters. The Balaban J connectivity index is 0.000000119. The van der Waals surface area contributed by atoms with Crippen molar-refractivity contribution in [2.45, 2.75) is 0 Å². The molecule has 0 heterocycles.